The second-order valence-corrected chi connectivity index (χ2v) is 4.66. The summed E-state index contributed by atoms with van der Waals surface area (Å²) < 4.78 is 13.4. The minimum atomic E-state index is -0.396. The Bertz CT molecular complexity index is 391. The first kappa shape index (κ1) is 11.5. The molecule has 1 fully saturated rings. The highest BCUT2D eigenvalue weighted by atomic mass is 35.5. The Morgan fingerprint density at radius 1 is 1.50 bits per heavy atom. The van der Waals surface area contributed by atoms with Crippen molar-refractivity contribution in [3.05, 3.63) is 23.0 Å². The van der Waals surface area contributed by atoms with Gasteiger partial charge in [0, 0.05) is 18.7 Å². The van der Waals surface area contributed by atoms with Gasteiger partial charge in [-0.25, -0.2) is 4.39 Å². The summed E-state index contributed by atoms with van der Waals surface area (Å²) in [6.45, 7) is 3.02. The van der Waals surface area contributed by atoms with Gasteiger partial charge in [-0.1, -0.05) is 18.5 Å². The standard InChI is InChI=1S/C12H16ClFN2/c1-2-5-16(8-3-4-8)12-7-10(14)9(13)6-11(12)15/h6-8H,2-5,15H2,1H3. The molecule has 1 aromatic rings. The van der Waals surface area contributed by atoms with E-state index in [1.54, 1.807) is 0 Å². The minimum Gasteiger partial charge on any atom is -0.397 e. The topological polar surface area (TPSA) is 29.3 Å². The summed E-state index contributed by atoms with van der Waals surface area (Å²) in [5.41, 5.74) is 7.24. The molecule has 0 heterocycles. The number of hydrogen-bond acceptors (Lipinski definition) is 2. The van der Waals surface area contributed by atoms with Crippen LogP contribution in [0.25, 0.3) is 0 Å². The van der Waals surface area contributed by atoms with Gasteiger partial charge in [0.25, 0.3) is 0 Å². The molecule has 0 aromatic heterocycles. The van der Waals surface area contributed by atoms with E-state index in [1.807, 2.05) is 0 Å². The number of nitrogens with two attached hydrogens (primary N) is 1. The van der Waals surface area contributed by atoms with Crippen molar-refractivity contribution >= 4 is 23.0 Å². The first-order chi connectivity index (χ1) is 7.63. The largest absolute Gasteiger partial charge is 0.397 e. The third kappa shape index (κ3) is 2.24. The minimum absolute atomic E-state index is 0.0912. The van der Waals surface area contributed by atoms with Gasteiger partial charge in [-0.15, -0.1) is 0 Å². The quantitative estimate of drug-likeness (QED) is 0.820. The Hall–Kier alpha value is -0.960. The molecule has 1 aromatic carbocycles. The fourth-order valence-electron chi connectivity index (χ4n) is 1.93. The first-order valence-electron chi connectivity index (χ1n) is 5.64. The van der Waals surface area contributed by atoms with E-state index in [0.717, 1.165) is 18.7 Å². The zero-order chi connectivity index (χ0) is 11.7. The summed E-state index contributed by atoms with van der Waals surface area (Å²) in [4.78, 5) is 2.19. The van der Waals surface area contributed by atoms with Gasteiger partial charge in [-0.05, 0) is 25.3 Å². The molecule has 0 atom stereocenters. The number of halogens is 2. The molecule has 1 aliphatic carbocycles. The highest BCUT2D eigenvalue weighted by molar-refractivity contribution is 6.31. The molecule has 2 nitrogen and oxygen atoms in total. The van der Waals surface area contributed by atoms with Crippen LogP contribution in [0.1, 0.15) is 26.2 Å². The third-order valence-electron chi connectivity index (χ3n) is 2.83. The molecule has 16 heavy (non-hydrogen) atoms. The van der Waals surface area contributed by atoms with E-state index in [0.29, 0.717) is 11.7 Å². The smallest absolute Gasteiger partial charge is 0.144 e. The molecule has 2 rings (SSSR count). The molecule has 2 N–H and O–H groups in total. The fourth-order valence-corrected chi connectivity index (χ4v) is 2.10. The Labute approximate surface area is 100 Å². The lowest BCUT2D eigenvalue weighted by Gasteiger charge is -2.25. The van der Waals surface area contributed by atoms with Crippen LogP contribution >= 0.6 is 11.6 Å². The number of anilines is 2. The molecule has 0 aliphatic heterocycles. The summed E-state index contributed by atoms with van der Waals surface area (Å²) in [7, 11) is 0. The predicted octanol–water partition coefficient (Wildman–Crippen LogP) is 3.44. The van der Waals surface area contributed by atoms with Crippen LogP contribution in [-0.4, -0.2) is 12.6 Å². The lowest BCUT2D eigenvalue weighted by molar-refractivity contribution is 0.626. The summed E-state index contributed by atoms with van der Waals surface area (Å²) in [5.74, 6) is -0.396. The van der Waals surface area contributed by atoms with Gasteiger partial charge in [0.05, 0.1) is 16.4 Å². The normalized spacial score (nSPS) is 15.2. The van der Waals surface area contributed by atoms with E-state index in [2.05, 4.69) is 11.8 Å². The average molecular weight is 243 g/mol. The molecule has 0 bridgehead atoms. The molecular weight excluding hydrogens is 227 g/mol. The fraction of sp³-hybridized carbons (Fsp3) is 0.500. The third-order valence-corrected chi connectivity index (χ3v) is 3.12. The number of hydrogen-bond donors (Lipinski definition) is 1. The number of nitrogen functional groups attached to an aromatic ring is 1. The number of rotatable bonds is 4. The van der Waals surface area contributed by atoms with Gasteiger partial charge < -0.3 is 10.6 Å². The van der Waals surface area contributed by atoms with Crippen molar-refractivity contribution in [1.82, 2.24) is 0 Å². The van der Waals surface area contributed by atoms with E-state index in [4.69, 9.17) is 17.3 Å². The Morgan fingerprint density at radius 3 is 2.75 bits per heavy atom. The number of benzene rings is 1. The van der Waals surface area contributed by atoms with E-state index in [-0.39, 0.29) is 5.02 Å². The van der Waals surface area contributed by atoms with Crippen molar-refractivity contribution in [2.45, 2.75) is 32.2 Å². The summed E-state index contributed by atoms with van der Waals surface area (Å²) in [6, 6.07) is 3.48. The van der Waals surface area contributed by atoms with Crippen molar-refractivity contribution in [2.24, 2.45) is 0 Å². The van der Waals surface area contributed by atoms with Crippen molar-refractivity contribution < 1.29 is 4.39 Å². The van der Waals surface area contributed by atoms with E-state index >= 15 is 0 Å². The molecule has 1 saturated carbocycles. The van der Waals surface area contributed by atoms with Gasteiger partial charge in [0.2, 0.25) is 0 Å². The van der Waals surface area contributed by atoms with Crippen LogP contribution in [0.2, 0.25) is 5.02 Å². The lowest BCUT2D eigenvalue weighted by atomic mass is 10.2. The second-order valence-electron chi connectivity index (χ2n) is 4.25. The molecule has 0 spiro atoms. The van der Waals surface area contributed by atoms with Crippen molar-refractivity contribution in [3.8, 4) is 0 Å². The van der Waals surface area contributed by atoms with Crippen molar-refractivity contribution in [3.63, 3.8) is 0 Å². The van der Waals surface area contributed by atoms with Crippen LogP contribution in [0.4, 0.5) is 15.8 Å². The van der Waals surface area contributed by atoms with Gasteiger partial charge in [-0.2, -0.15) is 0 Å². The zero-order valence-electron chi connectivity index (χ0n) is 9.34. The Morgan fingerprint density at radius 2 is 2.19 bits per heavy atom. The SMILES string of the molecule is CCCN(c1cc(F)c(Cl)cc1N)C1CC1. The van der Waals surface area contributed by atoms with E-state index in [9.17, 15) is 4.39 Å². The average Bonchev–Trinajstić information content (AvgIpc) is 3.04. The number of nitrogens with zero attached hydrogens (tertiary/aromatic N) is 1. The molecular formula is C12H16ClFN2. The highest BCUT2D eigenvalue weighted by Gasteiger charge is 2.30. The Balaban J connectivity index is 2.32. The molecule has 0 unspecified atom stereocenters. The Kier molecular flexibility index (Phi) is 3.24. The lowest BCUT2D eigenvalue weighted by Crippen LogP contribution is -2.27. The maximum Gasteiger partial charge on any atom is 0.144 e. The van der Waals surface area contributed by atoms with Crippen molar-refractivity contribution in [1.29, 1.82) is 0 Å². The van der Waals surface area contributed by atoms with Gasteiger partial charge in [0.1, 0.15) is 5.82 Å². The molecule has 4 heteroatoms. The maximum absolute atomic E-state index is 13.4. The molecule has 0 saturated heterocycles. The van der Waals surface area contributed by atoms with Gasteiger partial charge >= 0.3 is 0 Å². The molecule has 0 radical (unpaired) electrons. The van der Waals surface area contributed by atoms with Crippen LogP contribution in [0.5, 0.6) is 0 Å². The monoisotopic (exact) mass is 242 g/mol. The first-order valence-corrected chi connectivity index (χ1v) is 6.02. The van der Waals surface area contributed by atoms with Crippen molar-refractivity contribution in [2.75, 3.05) is 17.2 Å². The van der Waals surface area contributed by atoms with Crippen LogP contribution in [0.15, 0.2) is 12.1 Å². The summed E-state index contributed by atoms with van der Waals surface area (Å²) in [6.07, 6.45) is 3.37. The zero-order valence-corrected chi connectivity index (χ0v) is 10.1. The van der Waals surface area contributed by atoms with Crippen LogP contribution in [-0.2, 0) is 0 Å². The summed E-state index contributed by atoms with van der Waals surface area (Å²) >= 11 is 5.69. The van der Waals surface area contributed by atoms with E-state index < -0.39 is 5.82 Å². The summed E-state index contributed by atoms with van der Waals surface area (Å²) in [5, 5.41) is 0.0912. The maximum atomic E-state index is 13.4. The van der Waals surface area contributed by atoms with Crippen LogP contribution in [0, 0.1) is 5.82 Å². The highest BCUT2D eigenvalue weighted by Crippen LogP contribution is 2.36. The second kappa shape index (κ2) is 4.50. The van der Waals surface area contributed by atoms with Gasteiger partial charge in [-0.3, -0.25) is 0 Å². The van der Waals surface area contributed by atoms with Crippen LogP contribution < -0.4 is 10.6 Å². The molecule has 1 aliphatic rings. The van der Waals surface area contributed by atoms with Crippen LogP contribution in [0.3, 0.4) is 0 Å². The predicted molar refractivity (Wildman–Crippen MR) is 66.5 cm³/mol. The molecule has 0 amide bonds. The molecule has 88 valence electrons. The van der Waals surface area contributed by atoms with Gasteiger partial charge in [0.15, 0.2) is 0 Å². The van der Waals surface area contributed by atoms with E-state index in [1.165, 1.54) is 25.0 Å².